The van der Waals surface area contributed by atoms with Gasteiger partial charge in [-0.15, -0.1) is 11.3 Å². The molecule has 3 unspecified atom stereocenters. The molecule has 0 aliphatic carbocycles. The molecular weight excluding hydrogens is 306 g/mol. The SMILES string of the molecule is CC(CO)CSC(c1cc(Br)cs1)C(C)N. The van der Waals surface area contributed by atoms with Crippen molar-refractivity contribution in [3.63, 3.8) is 0 Å². The summed E-state index contributed by atoms with van der Waals surface area (Å²) in [7, 11) is 0. The standard InChI is InChI=1S/C11H18BrNOS2/c1-7(4-14)5-16-11(8(2)13)10-3-9(12)6-15-10/h3,6-8,11,14H,4-5,13H2,1-2H3. The van der Waals surface area contributed by atoms with Crippen molar-refractivity contribution < 1.29 is 5.11 Å². The lowest BCUT2D eigenvalue weighted by Gasteiger charge is -2.20. The van der Waals surface area contributed by atoms with E-state index in [2.05, 4.69) is 34.3 Å². The Kier molecular flexibility index (Phi) is 6.36. The van der Waals surface area contributed by atoms with E-state index in [1.807, 2.05) is 18.7 Å². The molecule has 0 saturated heterocycles. The monoisotopic (exact) mass is 323 g/mol. The minimum Gasteiger partial charge on any atom is -0.396 e. The number of nitrogens with two attached hydrogens (primary N) is 1. The van der Waals surface area contributed by atoms with Crippen LogP contribution < -0.4 is 5.73 Å². The van der Waals surface area contributed by atoms with Crippen molar-refractivity contribution >= 4 is 39.0 Å². The van der Waals surface area contributed by atoms with E-state index in [1.54, 1.807) is 11.3 Å². The second kappa shape index (κ2) is 7.01. The van der Waals surface area contributed by atoms with Crippen LogP contribution in [0.2, 0.25) is 0 Å². The number of aliphatic hydroxyl groups is 1. The van der Waals surface area contributed by atoms with Crippen molar-refractivity contribution in [3.05, 3.63) is 20.8 Å². The quantitative estimate of drug-likeness (QED) is 0.844. The van der Waals surface area contributed by atoms with Crippen LogP contribution in [-0.2, 0) is 0 Å². The second-order valence-corrected chi connectivity index (χ2v) is 7.10. The lowest BCUT2D eigenvalue weighted by molar-refractivity contribution is 0.250. The number of halogens is 1. The molecule has 0 spiro atoms. The van der Waals surface area contributed by atoms with E-state index >= 15 is 0 Å². The Morgan fingerprint density at radius 3 is 2.69 bits per heavy atom. The van der Waals surface area contributed by atoms with E-state index in [0.29, 0.717) is 11.2 Å². The Balaban J connectivity index is 2.61. The van der Waals surface area contributed by atoms with Gasteiger partial charge in [0.1, 0.15) is 0 Å². The zero-order chi connectivity index (χ0) is 12.1. The fourth-order valence-electron chi connectivity index (χ4n) is 1.29. The van der Waals surface area contributed by atoms with E-state index in [9.17, 15) is 0 Å². The van der Waals surface area contributed by atoms with Crippen molar-refractivity contribution in [2.75, 3.05) is 12.4 Å². The molecule has 3 N–H and O–H groups in total. The molecule has 0 fully saturated rings. The Labute approximate surface area is 114 Å². The first kappa shape index (κ1) is 14.5. The third-order valence-corrected chi connectivity index (χ3v) is 5.95. The zero-order valence-corrected chi connectivity index (χ0v) is 12.7. The summed E-state index contributed by atoms with van der Waals surface area (Å²) in [6.07, 6.45) is 0. The summed E-state index contributed by atoms with van der Waals surface area (Å²) in [5.74, 6) is 1.27. The molecule has 0 radical (unpaired) electrons. The van der Waals surface area contributed by atoms with Gasteiger partial charge in [-0.3, -0.25) is 0 Å². The second-order valence-electron chi connectivity index (χ2n) is 4.07. The molecular formula is C11H18BrNOS2. The van der Waals surface area contributed by atoms with Crippen molar-refractivity contribution in [2.45, 2.75) is 25.1 Å². The predicted octanol–water partition coefficient (Wildman–Crippen LogP) is 3.26. The molecule has 2 nitrogen and oxygen atoms in total. The van der Waals surface area contributed by atoms with Gasteiger partial charge in [-0.25, -0.2) is 0 Å². The van der Waals surface area contributed by atoms with Gasteiger partial charge in [-0.1, -0.05) is 6.92 Å². The average Bonchev–Trinajstić information content (AvgIpc) is 2.64. The molecule has 0 aliphatic rings. The van der Waals surface area contributed by atoms with E-state index in [1.165, 1.54) is 4.88 Å². The van der Waals surface area contributed by atoms with E-state index in [-0.39, 0.29) is 12.6 Å². The van der Waals surface area contributed by atoms with Crippen molar-refractivity contribution in [1.29, 1.82) is 0 Å². The molecule has 1 aromatic rings. The van der Waals surface area contributed by atoms with Gasteiger partial charge in [0.15, 0.2) is 0 Å². The van der Waals surface area contributed by atoms with Crippen LogP contribution in [0.25, 0.3) is 0 Å². The molecule has 92 valence electrons. The topological polar surface area (TPSA) is 46.2 Å². The Morgan fingerprint density at radius 1 is 1.56 bits per heavy atom. The van der Waals surface area contributed by atoms with Gasteiger partial charge < -0.3 is 10.8 Å². The minimum atomic E-state index is 0.126. The number of rotatable bonds is 6. The lowest BCUT2D eigenvalue weighted by Crippen LogP contribution is -2.23. The van der Waals surface area contributed by atoms with Gasteiger partial charge in [0.2, 0.25) is 0 Å². The van der Waals surface area contributed by atoms with Crippen molar-refractivity contribution in [2.24, 2.45) is 11.7 Å². The maximum absolute atomic E-state index is 9.01. The Hall–Kier alpha value is 0.450. The van der Waals surface area contributed by atoms with Crippen LogP contribution in [0, 0.1) is 5.92 Å². The molecule has 0 aliphatic heterocycles. The summed E-state index contributed by atoms with van der Waals surface area (Å²) < 4.78 is 1.12. The van der Waals surface area contributed by atoms with Crippen LogP contribution in [0.1, 0.15) is 24.0 Å². The van der Waals surface area contributed by atoms with Gasteiger partial charge in [0, 0.05) is 27.4 Å². The van der Waals surface area contributed by atoms with Crippen LogP contribution in [0.5, 0.6) is 0 Å². The molecule has 1 rings (SSSR count). The van der Waals surface area contributed by atoms with Gasteiger partial charge in [-0.2, -0.15) is 11.8 Å². The first-order valence-corrected chi connectivity index (χ1v) is 7.98. The van der Waals surface area contributed by atoms with E-state index in [0.717, 1.165) is 10.2 Å². The summed E-state index contributed by atoms with van der Waals surface area (Å²) >= 11 is 7.03. The molecule has 0 amide bonds. The lowest BCUT2D eigenvalue weighted by atomic mass is 10.2. The maximum atomic E-state index is 9.01. The summed E-state index contributed by atoms with van der Waals surface area (Å²) in [4.78, 5) is 1.30. The van der Waals surface area contributed by atoms with Crippen LogP contribution >= 0.6 is 39.0 Å². The molecule has 1 aromatic heterocycles. The molecule has 1 heterocycles. The van der Waals surface area contributed by atoms with E-state index in [4.69, 9.17) is 10.8 Å². The largest absolute Gasteiger partial charge is 0.396 e. The fourth-order valence-corrected chi connectivity index (χ4v) is 4.38. The number of hydrogen-bond acceptors (Lipinski definition) is 4. The highest BCUT2D eigenvalue weighted by molar-refractivity contribution is 9.10. The minimum absolute atomic E-state index is 0.126. The summed E-state index contributed by atoms with van der Waals surface area (Å²) in [5, 5.41) is 11.4. The average molecular weight is 324 g/mol. The predicted molar refractivity (Wildman–Crippen MR) is 77.1 cm³/mol. The summed E-state index contributed by atoms with van der Waals surface area (Å²) in [6, 6.07) is 2.26. The first-order valence-electron chi connectivity index (χ1n) is 5.26. The molecule has 0 bridgehead atoms. The smallest absolute Gasteiger partial charge is 0.0539 e. The molecule has 0 saturated carbocycles. The van der Waals surface area contributed by atoms with Crippen LogP contribution in [-0.4, -0.2) is 23.5 Å². The number of aliphatic hydroxyl groups excluding tert-OH is 1. The van der Waals surface area contributed by atoms with Gasteiger partial charge in [-0.05, 0) is 40.6 Å². The molecule has 0 aromatic carbocycles. The molecule has 3 atom stereocenters. The maximum Gasteiger partial charge on any atom is 0.0539 e. The number of hydrogen-bond donors (Lipinski definition) is 2. The van der Waals surface area contributed by atoms with Crippen LogP contribution in [0.4, 0.5) is 0 Å². The molecule has 5 heteroatoms. The van der Waals surface area contributed by atoms with Crippen molar-refractivity contribution in [3.8, 4) is 0 Å². The molecule has 16 heavy (non-hydrogen) atoms. The number of thiophene rings is 1. The normalized spacial score (nSPS) is 17.1. The van der Waals surface area contributed by atoms with Gasteiger partial charge in [0.25, 0.3) is 0 Å². The summed E-state index contributed by atoms with van der Waals surface area (Å²) in [5.41, 5.74) is 6.01. The highest BCUT2D eigenvalue weighted by Gasteiger charge is 2.19. The van der Waals surface area contributed by atoms with Crippen LogP contribution in [0.3, 0.4) is 0 Å². The van der Waals surface area contributed by atoms with Crippen LogP contribution in [0.15, 0.2) is 15.9 Å². The Bertz CT molecular complexity index is 317. The van der Waals surface area contributed by atoms with E-state index < -0.39 is 0 Å². The first-order chi connectivity index (χ1) is 7.54. The number of thioether (sulfide) groups is 1. The van der Waals surface area contributed by atoms with Gasteiger partial charge >= 0.3 is 0 Å². The van der Waals surface area contributed by atoms with Crippen molar-refractivity contribution in [1.82, 2.24) is 0 Å². The Morgan fingerprint density at radius 2 is 2.25 bits per heavy atom. The third-order valence-electron chi connectivity index (χ3n) is 2.22. The summed E-state index contributed by atoms with van der Waals surface area (Å²) in [6.45, 7) is 4.33. The highest BCUT2D eigenvalue weighted by Crippen LogP contribution is 2.37. The highest BCUT2D eigenvalue weighted by atomic mass is 79.9. The van der Waals surface area contributed by atoms with Gasteiger partial charge in [0.05, 0.1) is 5.25 Å². The fraction of sp³-hybridized carbons (Fsp3) is 0.636. The zero-order valence-electron chi connectivity index (χ0n) is 9.52. The third kappa shape index (κ3) is 4.37.